The van der Waals surface area contributed by atoms with Crippen LogP contribution in [-0.2, 0) is 35.5 Å². The lowest BCUT2D eigenvalue weighted by atomic mass is 9.99. The van der Waals surface area contributed by atoms with Gasteiger partial charge in [-0.25, -0.2) is 8.42 Å². The zero-order valence-electron chi connectivity index (χ0n) is 15.5. The van der Waals surface area contributed by atoms with Crippen LogP contribution in [0.1, 0.15) is 24.2 Å². The van der Waals surface area contributed by atoms with Crippen molar-refractivity contribution in [2.45, 2.75) is 31.2 Å². The van der Waals surface area contributed by atoms with E-state index in [-0.39, 0.29) is 23.9 Å². The number of hydrogen-bond acceptors (Lipinski definition) is 5. The summed E-state index contributed by atoms with van der Waals surface area (Å²) in [5.41, 5.74) is 1.28. The maximum absolute atomic E-state index is 12.9. The van der Waals surface area contributed by atoms with Crippen LogP contribution in [0.3, 0.4) is 0 Å². The van der Waals surface area contributed by atoms with Crippen molar-refractivity contribution in [3.05, 3.63) is 28.8 Å². The number of nitrogens with zero attached hydrogens (tertiary/aromatic N) is 5. The van der Waals surface area contributed by atoms with E-state index in [1.807, 2.05) is 0 Å². The summed E-state index contributed by atoms with van der Waals surface area (Å²) in [7, 11) is -0.228. The number of aryl methyl sites for hydroxylation is 2. The van der Waals surface area contributed by atoms with E-state index in [9.17, 15) is 13.2 Å². The van der Waals surface area contributed by atoms with Crippen molar-refractivity contribution in [1.29, 1.82) is 0 Å². The molecule has 27 heavy (non-hydrogen) atoms. The van der Waals surface area contributed by atoms with Crippen LogP contribution >= 0.6 is 11.6 Å². The fraction of sp³-hybridized carbons (Fsp3) is 0.562. The van der Waals surface area contributed by atoms with Gasteiger partial charge in [0.25, 0.3) is 0 Å². The van der Waals surface area contributed by atoms with Crippen LogP contribution in [0.4, 0.5) is 0 Å². The second kappa shape index (κ2) is 7.61. The van der Waals surface area contributed by atoms with Crippen LogP contribution in [0.5, 0.6) is 0 Å². The number of sulfonamides is 1. The first-order chi connectivity index (χ1) is 12.7. The molecule has 1 aliphatic heterocycles. The highest BCUT2D eigenvalue weighted by molar-refractivity contribution is 7.89. The van der Waals surface area contributed by atoms with Gasteiger partial charge in [-0.1, -0.05) is 11.6 Å². The van der Waals surface area contributed by atoms with Gasteiger partial charge in [-0.2, -0.15) is 14.5 Å². The van der Waals surface area contributed by atoms with Gasteiger partial charge in [0.05, 0.1) is 41.3 Å². The van der Waals surface area contributed by atoms with E-state index in [2.05, 4.69) is 15.5 Å². The fourth-order valence-electron chi connectivity index (χ4n) is 3.20. The first kappa shape index (κ1) is 19.8. The summed E-state index contributed by atoms with van der Waals surface area (Å²) < 4.78 is 30.4. The van der Waals surface area contributed by atoms with E-state index >= 15 is 0 Å². The fourth-order valence-corrected chi connectivity index (χ4v) is 5.14. The maximum atomic E-state index is 12.9. The average Bonchev–Trinajstić information content (AvgIpc) is 3.15. The van der Waals surface area contributed by atoms with E-state index in [4.69, 9.17) is 11.6 Å². The first-order valence-electron chi connectivity index (χ1n) is 8.64. The first-order valence-corrected chi connectivity index (χ1v) is 10.5. The van der Waals surface area contributed by atoms with E-state index in [1.54, 1.807) is 25.7 Å². The molecule has 0 radical (unpaired) electrons. The number of halogens is 1. The Balaban J connectivity index is 1.68. The van der Waals surface area contributed by atoms with Crippen LogP contribution in [-0.4, -0.2) is 51.3 Å². The van der Waals surface area contributed by atoms with Crippen molar-refractivity contribution in [2.24, 2.45) is 20.0 Å². The minimum Gasteiger partial charge on any atom is -0.350 e. The molecule has 1 N–H and O–H groups in total. The summed E-state index contributed by atoms with van der Waals surface area (Å²) >= 11 is 6.05. The molecule has 148 valence electrons. The van der Waals surface area contributed by atoms with Gasteiger partial charge in [0.2, 0.25) is 15.9 Å². The average molecular weight is 415 g/mol. The summed E-state index contributed by atoms with van der Waals surface area (Å²) in [6.07, 6.45) is 4.15. The number of aromatic nitrogens is 4. The molecule has 0 spiro atoms. The van der Waals surface area contributed by atoms with E-state index in [0.717, 1.165) is 0 Å². The molecule has 3 rings (SSSR count). The predicted molar refractivity (Wildman–Crippen MR) is 99.5 cm³/mol. The van der Waals surface area contributed by atoms with Crippen molar-refractivity contribution in [2.75, 3.05) is 13.1 Å². The second-order valence-electron chi connectivity index (χ2n) is 6.70. The van der Waals surface area contributed by atoms with Crippen LogP contribution in [0.2, 0.25) is 5.02 Å². The number of hydrogen-bond donors (Lipinski definition) is 1. The van der Waals surface area contributed by atoms with Gasteiger partial charge in [0.1, 0.15) is 4.90 Å². The van der Waals surface area contributed by atoms with Crippen molar-refractivity contribution in [1.82, 2.24) is 29.2 Å². The molecule has 0 aromatic carbocycles. The van der Waals surface area contributed by atoms with Gasteiger partial charge in [-0.05, 0) is 19.8 Å². The summed E-state index contributed by atoms with van der Waals surface area (Å²) in [6.45, 7) is 2.51. The summed E-state index contributed by atoms with van der Waals surface area (Å²) in [5, 5.41) is 11.4. The summed E-state index contributed by atoms with van der Waals surface area (Å²) in [6, 6.07) is 0. The number of carbonyl (C=O) groups is 1. The Morgan fingerprint density at radius 1 is 1.30 bits per heavy atom. The third-order valence-electron chi connectivity index (χ3n) is 5.00. The molecule has 1 unspecified atom stereocenters. The monoisotopic (exact) mass is 414 g/mol. The summed E-state index contributed by atoms with van der Waals surface area (Å²) in [5.74, 6) is -0.590. The van der Waals surface area contributed by atoms with E-state index in [0.29, 0.717) is 35.8 Å². The highest BCUT2D eigenvalue weighted by Crippen LogP contribution is 2.25. The lowest BCUT2D eigenvalue weighted by Crippen LogP contribution is -2.45. The maximum Gasteiger partial charge on any atom is 0.246 e. The second-order valence-corrected chi connectivity index (χ2v) is 9.01. The number of piperidine rings is 1. The number of nitrogens with one attached hydrogen (secondary N) is 1. The van der Waals surface area contributed by atoms with Gasteiger partial charge in [-0.15, -0.1) is 0 Å². The molecule has 1 amide bonds. The summed E-state index contributed by atoms with van der Waals surface area (Å²) in [4.78, 5) is 12.8. The molecular formula is C16H23ClN6O3S. The highest BCUT2D eigenvalue weighted by Gasteiger charge is 2.35. The molecule has 0 aliphatic carbocycles. The van der Waals surface area contributed by atoms with Gasteiger partial charge >= 0.3 is 0 Å². The van der Waals surface area contributed by atoms with Crippen LogP contribution in [0.15, 0.2) is 17.3 Å². The molecule has 9 nitrogen and oxygen atoms in total. The SMILES string of the molecule is Cc1c(S(=O)(=O)N2CCCC(C(=O)NCc3c(Cl)cnn3C)C2)cnn1C. The Morgan fingerprint density at radius 3 is 2.59 bits per heavy atom. The quantitative estimate of drug-likeness (QED) is 0.780. The molecule has 1 fully saturated rings. The minimum atomic E-state index is -3.68. The smallest absolute Gasteiger partial charge is 0.246 e. The predicted octanol–water partition coefficient (Wildman–Crippen LogP) is 0.833. The number of rotatable bonds is 5. The highest BCUT2D eigenvalue weighted by atomic mass is 35.5. The van der Waals surface area contributed by atoms with Crippen LogP contribution in [0.25, 0.3) is 0 Å². The Hall–Kier alpha value is -1.91. The van der Waals surface area contributed by atoms with Crippen molar-refractivity contribution >= 4 is 27.5 Å². The van der Waals surface area contributed by atoms with Crippen molar-refractivity contribution in [3.63, 3.8) is 0 Å². The Morgan fingerprint density at radius 2 is 2.00 bits per heavy atom. The third-order valence-corrected chi connectivity index (χ3v) is 7.29. The van der Waals surface area contributed by atoms with Gasteiger partial charge in [-0.3, -0.25) is 14.2 Å². The van der Waals surface area contributed by atoms with Crippen LogP contribution < -0.4 is 5.32 Å². The minimum absolute atomic E-state index is 0.154. The zero-order valence-corrected chi connectivity index (χ0v) is 17.1. The van der Waals surface area contributed by atoms with Gasteiger partial charge in [0, 0.05) is 27.2 Å². The molecule has 11 heteroatoms. The Bertz CT molecular complexity index is 932. The van der Waals surface area contributed by atoms with Gasteiger partial charge in [0.15, 0.2) is 0 Å². The Kier molecular flexibility index (Phi) is 5.59. The Labute approximate surface area is 163 Å². The molecule has 3 heterocycles. The largest absolute Gasteiger partial charge is 0.350 e. The van der Waals surface area contributed by atoms with Crippen molar-refractivity contribution < 1.29 is 13.2 Å². The van der Waals surface area contributed by atoms with Crippen molar-refractivity contribution in [3.8, 4) is 0 Å². The topological polar surface area (TPSA) is 102 Å². The van der Waals surface area contributed by atoms with E-state index in [1.165, 1.54) is 21.4 Å². The third kappa shape index (κ3) is 3.87. The lowest BCUT2D eigenvalue weighted by Gasteiger charge is -2.31. The number of amides is 1. The molecule has 2 aromatic rings. The molecule has 1 aliphatic rings. The van der Waals surface area contributed by atoms with Gasteiger partial charge < -0.3 is 5.32 Å². The molecule has 0 bridgehead atoms. The molecular weight excluding hydrogens is 392 g/mol. The molecule has 2 aromatic heterocycles. The number of carbonyl (C=O) groups excluding carboxylic acids is 1. The van der Waals surface area contributed by atoms with E-state index < -0.39 is 15.9 Å². The standard InChI is InChI=1S/C16H23ClN6O3S/c1-11-15(9-20-21(11)2)27(25,26)23-6-4-5-12(10-23)16(24)18-8-14-13(17)7-19-22(14)3/h7,9,12H,4-6,8,10H2,1-3H3,(H,18,24). The molecule has 1 atom stereocenters. The van der Waals surface area contributed by atoms with Crippen LogP contribution in [0, 0.1) is 12.8 Å². The zero-order chi connectivity index (χ0) is 19.8. The lowest BCUT2D eigenvalue weighted by molar-refractivity contribution is -0.126. The normalized spacial score (nSPS) is 18.6. The molecule has 0 saturated carbocycles. The molecule has 1 saturated heterocycles.